The Kier molecular flexibility index (Phi) is 5.81. The molecule has 45 heavy (non-hydrogen) atoms. The molecule has 3 heterocycles. The summed E-state index contributed by atoms with van der Waals surface area (Å²) in [7, 11) is 0. The third kappa shape index (κ3) is 4.45. The average molecular weight is 579 g/mol. The molecule has 8 aromatic rings. The summed E-state index contributed by atoms with van der Waals surface area (Å²) in [6.45, 7) is 0.610. The summed E-state index contributed by atoms with van der Waals surface area (Å²) in [5.41, 5.74) is 7.03. The molecule has 0 saturated heterocycles. The molecule has 5 nitrogen and oxygen atoms in total. The third-order valence-corrected chi connectivity index (χ3v) is 8.54. The van der Waals surface area contributed by atoms with Crippen LogP contribution < -0.4 is 5.32 Å². The number of fused-ring (bicyclic) bond motifs is 5. The molecular formula is C40H26N4O. The molecule has 0 atom stereocenters. The van der Waals surface area contributed by atoms with Crippen molar-refractivity contribution in [2.45, 2.75) is 6.54 Å². The molecule has 1 aliphatic heterocycles. The zero-order chi connectivity index (χ0) is 29.7. The zero-order valence-corrected chi connectivity index (χ0v) is 24.2. The van der Waals surface area contributed by atoms with E-state index in [4.69, 9.17) is 19.4 Å². The molecule has 0 saturated carbocycles. The van der Waals surface area contributed by atoms with Crippen LogP contribution in [-0.2, 0) is 6.54 Å². The van der Waals surface area contributed by atoms with Gasteiger partial charge in [0.1, 0.15) is 11.3 Å². The summed E-state index contributed by atoms with van der Waals surface area (Å²) in [5, 5.41) is 9.04. The van der Waals surface area contributed by atoms with E-state index in [-0.39, 0.29) is 0 Å². The molecule has 0 spiro atoms. The lowest BCUT2D eigenvalue weighted by Crippen LogP contribution is -2.14. The lowest BCUT2D eigenvalue weighted by molar-refractivity contribution is 0.531. The van der Waals surface area contributed by atoms with E-state index in [0.717, 1.165) is 55.2 Å². The Balaban J connectivity index is 1.22. The second-order valence-electron chi connectivity index (χ2n) is 11.3. The maximum atomic E-state index is 6.24. The summed E-state index contributed by atoms with van der Waals surface area (Å²) in [6, 6.07) is 46.3. The Morgan fingerprint density at radius 2 is 1.07 bits per heavy atom. The van der Waals surface area contributed by atoms with Crippen LogP contribution in [0.15, 0.2) is 144 Å². The Labute approximate surface area is 259 Å². The first kappa shape index (κ1) is 25.4. The van der Waals surface area contributed by atoms with Crippen LogP contribution in [0.4, 0.5) is 0 Å². The predicted octanol–water partition coefficient (Wildman–Crippen LogP) is 9.42. The number of hydrogen-bond acceptors (Lipinski definition) is 5. The normalized spacial score (nSPS) is 12.7. The van der Waals surface area contributed by atoms with Crippen LogP contribution in [0, 0.1) is 0 Å². The summed E-state index contributed by atoms with van der Waals surface area (Å²) >= 11 is 0. The lowest BCUT2D eigenvalue weighted by atomic mass is 9.99. The van der Waals surface area contributed by atoms with E-state index in [9.17, 15) is 0 Å². The predicted molar refractivity (Wildman–Crippen MR) is 181 cm³/mol. The van der Waals surface area contributed by atoms with Gasteiger partial charge in [0.25, 0.3) is 0 Å². The van der Waals surface area contributed by atoms with Crippen molar-refractivity contribution in [3.05, 3.63) is 157 Å². The molecule has 0 radical (unpaired) electrons. The van der Waals surface area contributed by atoms with Gasteiger partial charge in [-0.25, -0.2) is 15.0 Å². The maximum Gasteiger partial charge on any atom is 0.166 e. The van der Waals surface area contributed by atoms with Gasteiger partial charge in [-0.3, -0.25) is 0 Å². The zero-order valence-electron chi connectivity index (χ0n) is 24.2. The molecule has 6 aromatic carbocycles. The second kappa shape index (κ2) is 10.3. The molecule has 0 aliphatic carbocycles. The number of para-hydroxylation sites is 1. The topological polar surface area (TPSA) is 63.8 Å². The summed E-state index contributed by atoms with van der Waals surface area (Å²) in [6.07, 6.45) is 2.00. The number of furan rings is 1. The fourth-order valence-corrected chi connectivity index (χ4v) is 6.29. The molecule has 0 unspecified atom stereocenters. The fraction of sp³-hybridized carbons (Fsp3) is 0.0250. The standard InChI is InChI=1S/C40H26N4O/c1-2-8-25(9-3-1)28-15-16-30-22-32(19-17-29(30)20-28)39-42-38(31-18-14-26-10-4-5-11-27(26)21-31)43-40(44-39)34-23-41-24-36-37(34)33-12-6-7-13-35(33)45-36/h1-23,41H,24H2. The number of rotatable bonds is 4. The van der Waals surface area contributed by atoms with Crippen molar-refractivity contribution in [3.8, 4) is 33.9 Å². The van der Waals surface area contributed by atoms with E-state index in [1.54, 1.807) is 0 Å². The number of nitrogens with one attached hydrogen (secondary N) is 1. The lowest BCUT2D eigenvalue weighted by Gasteiger charge is -2.15. The fourth-order valence-electron chi connectivity index (χ4n) is 6.29. The van der Waals surface area contributed by atoms with E-state index in [1.807, 2.05) is 30.5 Å². The highest BCUT2D eigenvalue weighted by Crippen LogP contribution is 2.37. The minimum absolute atomic E-state index is 0.600. The molecule has 0 bridgehead atoms. The molecule has 0 amide bonds. The van der Waals surface area contributed by atoms with Gasteiger partial charge in [0.05, 0.1) is 6.54 Å². The van der Waals surface area contributed by atoms with Gasteiger partial charge in [0, 0.05) is 33.8 Å². The average Bonchev–Trinajstić information content (AvgIpc) is 3.50. The quantitative estimate of drug-likeness (QED) is 0.225. The molecular weight excluding hydrogens is 552 g/mol. The second-order valence-corrected chi connectivity index (χ2v) is 11.3. The Morgan fingerprint density at radius 1 is 0.489 bits per heavy atom. The minimum atomic E-state index is 0.600. The third-order valence-electron chi connectivity index (χ3n) is 8.54. The van der Waals surface area contributed by atoms with Gasteiger partial charge in [-0.2, -0.15) is 0 Å². The maximum absolute atomic E-state index is 6.24. The monoisotopic (exact) mass is 578 g/mol. The SMILES string of the molecule is C1=C(c2nc(-c3ccc4ccccc4c3)nc(-c3ccc4cc(-c5ccccc5)ccc4c3)n2)c2c(oc3ccccc23)CN1. The van der Waals surface area contributed by atoms with Gasteiger partial charge in [0.15, 0.2) is 17.5 Å². The highest BCUT2D eigenvalue weighted by atomic mass is 16.3. The van der Waals surface area contributed by atoms with E-state index >= 15 is 0 Å². The molecule has 5 heteroatoms. The van der Waals surface area contributed by atoms with Crippen LogP contribution in [0.1, 0.15) is 17.1 Å². The Hall–Kier alpha value is -6.07. The molecule has 9 rings (SSSR count). The van der Waals surface area contributed by atoms with Crippen molar-refractivity contribution < 1.29 is 4.42 Å². The molecule has 0 fully saturated rings. The first-order valence-corrected chi connectivity index (χ1v) is 15.1. The molecule has 2 aromatic heterocycles. The van der Waals surface area contributed by atoms with Gasteiger partial charge in [-0.15, -0.1) is 0 Å². The van der Waals surface area contributed by atoms with E-state index < -0.39 is 0 Å². The van der Waals surface area contributed by atoms with Crippen molar-refractivity contribution in [3.63, 3.8) is 0 Å². The first-order valence-electron chi connectivity index (χ1n) is 15.1. The van der Waals surface area contributed by atoms with E-state index in [0.29, 0.717) is 24.0 Å². The number of aromatic nitrogens is 3. The van der Waals surface area contributed by atoms with E-state index in [1.165, 1.54) is 16.5 Å². The van der Waals surface area contributed by atoms with Crippen molar-refractivity contribution in [2.75, 3.05) is 0 Å². The number of benzene rings is 6. The highest BCUT2D eigenvalue weighted by molar-refractivity contribution is 5.97. The van der Waals surface area contributed by atoms with Gasteiger partial charge in [-0.1, -0.05) is 109 Å². The van der Waals surface area contributed by atoms with E-state index in [2.05, 4.69) is 115 Å². The van der Waals surface area contributed by atoms with Gasteiger partial charge < -0.3 is 9.73 Å². The van der Waals surface area contributed by atoms with Crippen molar-refractivity contribution in [1.82, 2.24) is 20.3 Å². The van der Waals surface area contributed by atoms with Crippen molar-refractivity contribution in [2.24, 2.45) is 0 Å². The molecule has 1 aliphatic rings. The van der Waals surface area contributed by atoms with Crippen LogP contribution in [0.25, 0.3) is 72.0 Å². The largest absolute Gasteiger partial charge is 0.459 e. The number of hydrogen-bond donors (Lipinski definition) is 1. The van der Waals surface area contributed by atoms with Gasteiger partial charge >= 0.3 is 0 Å². The van der Waals surface area contributed by atoms with Crippen LogP contribution >= 0.6 is 0 Å². The smallest absolute Gasteiger partial charge is 0.166 e. The summed E-state index contributed by atoms with van der Waals surface area (Å²) in [4.78, 5) is 15.2. The van der Waals surface area contributed by atoms with Crippen molar-refractivity contribution in [1.29, 1.82) is 0 Å². The van der Waals surface area contributed by atoms with Crippen LogP contribution in [0.2, 0.25) is 0 Å². The van der Waals surface area contributed by atoms with Gasteiger partial charge in [-0.05, 0) is 56.9 Å². The minimum Gasteiger partial charge on any atom is -0.459 e. The summed E-state index contributed by atoms with van der Waals surface area (Å²) < 4.78 is 6.24. The Morgan fingerprint density at radius 3 is 1.84 bits per heavy atom. The highest BCUT2D eigenvalue weighted by Gasteiger charge is 2.25. The number of nitrogens with zero attached hydrogens (tertiary/aromatic N) is 3. The molecule has 1 N–H and O–H groups in total. The summed E-state index contributed by atoms with van der Waals surface area (Å²) in [5.74, 6) is 2.73. The molecule has 212 valence electrons. The van der Waals surface area contributed by atoms with Gasteiger partial charge in [0.2, 0.25) is 0 Å². The van der Waals surface area contributed by atoms with Crippen LogP contribution in [-0.4, -0.2) is 15.0 Å². The van der Waals surface area contributed by atoms with Crippen LogP contribution in [0.3, 0.4) is 0 Å². The Bertz CT molecular complexity index is 2440. The van der Waals surface area contributed by atoms with Crippen molar-refractivity contribution >= 4 is 38.1 Å². The first-order chi connectivity index (χ1) is 22.3. The van der Waals surface area contributed by atoms with Crippen LogP contribution in [0.5, 0.6) is 0 Å².